The zero-order valence-electron chi connectivity index (χ0n) is 21.5. The van der Waals surface area contributed by atoms with Crippen LogP contribution in [0.3, 0.4) is 0 Å². The highest BCUT2D eigenvalue weighted by Crippen LogP contribution is 2.39. The van der Waals surface area contributed by atoms with E-state index in [1.165, 1.54) is 0 Å². The Kier molecular flexibility index (Phi) is 7.60. The van der Waals surface area contributed by atoms with E-state index < -0.39 is 6.04 Å². The molecule has 6 nitrogen and oxygen atoms in total. The van der Waals surface area contributed by atoms with Crippen molar-refractivity contribution in [3.05, 3.63) is 74.6 Å². The minimum Gasteiger partial charge on any atom is -0.494 e. The summed E-state index contributed by atoms with van der Waals surface area (Å²) in [6.45, 7) is 8.15. The van der Waals surface area contributed by atoms with Crippen LogP contribution in [0.1, 0.15) is 71.5 Å². The average molecular weight is 477 g/mol. The third-order valence-corrected chi connectivity index (χ3v) is 6.78. The second kappa shape index (κ2) is 10.6. The summed E-state index contributed by atoms with van der Waals surface area (Å²) in [7, 11) is 4.03. The van der Waals surface area contributed by atoms with Crippen LogP contribution < -0.4 is 10.2 Å². The molecule has 0 bridgehead atoms. The molecule has 4 rings (SSSR count). The monoisotopic (exact) mass is 476 g/mol. The number of hydrogen-bond acceptors (Lipinski definition) is 5. The molecule has 2 aromatic carbocycles. The van der Waals surface area contributed by atoms with E-state index in [1.54, 1.807) is 4.90 Å². The summed E-state index contributed by atoms with van der Waals surface area (Å²) in [5, 5.41) is 0.520. The van der Waals surface area contributed by atoms with Gasteiger partial charge in [-0.1, -0.05) is 31.9 Å². The van der Waals surface area contributed by atoms with Gasteiger partial charge in [-0.25, -0.2) is 0 Å². The van der Waals surface area contributed by atoms with Gasteiger partial charge in [0.2, 0.25) is 5.76 Å². The molecule has 6 heteroatoms. The standard InChI is InChI=1S/C29H36N2O4/c1-6-7-8-15-34-22-12-9-11-21(18-22)26-25-27(32)23-16-19(2)20(3)17-24(23)35-28(25)29(33)31(26)14-10-13-30(4)5/h9,11-12,16-18,26H,6-8,10,13-15H2,1-5H3. The van der Waals surface area contributed by atoms with Gasteiger partial charge in [0.1, 0.15) is 11.3 Å². The van der Waals surface area contributed by atoms with E-state index in [0.717, 1.165) is 54.7 Å². The van der Waals surface area contributed by atoms with Gasteiger partial charge in [0, 0.05) is 6.54 Å². The molecule has 0 radical (unpaired) electrons. The van der Waals surface area contributed by atoms with Gasteiger partial charge in [-0.3, -0.25) is 9.59 Å². The topological polar surface area (TPSA) is 63.0 Å². The largest absolute Gasteiger partial charge is 0.494 e. The van der Waals surface area contributed by atoms with Crippen molar-refractivity contribution in [2.75, 3.05) is 33.8 Å². The number of aryl methyl sites for hydroxylation is 2. The summed E-state index contributed by atoms with van der Waals surface area (Å²) in [6.07, 6.45) is 4.05. The van der Waals surface area contributed by atoms with Gasteiger partial charge in [-0.05, 0) is 88.3 Å². The van der Waals surface area contributed by atoms with E-state index >= 15 is 0 Å². The fourth-order valence-corrected chi connectivity index (χ4v) is 4.73. The van der Waals surface area contributed by atoms with E-state index in [4.69, 9.17) is 9.15 Å². The Labute approximate surface area is 207 Å². The quantitative estimate of drug-likeness (QED) is 0.363. The number of fused-ring (bicyclic) bond motifs is 2. The predicted molar refractivity (Wildman–Crippen MR) is 139 cm³/mol. The summed E-state index contributed by atoms with van der Waals surface area (Å²) >= 11 is 0. The first-order valence-corrected chi connectivity index (χ1v) is 12.6. The molecule has 0 N–H and O–H groups in total. The number of unbranched alkanes of at least 4 members (excludes halogenated alkanes) is 2. The number of nitrogens with zero attached hydrogens (tertiary/aromatic N) is 2. The van der Waals surface area contributed by atoms with Crippen LogP contribution in [0, 0.1) is 13.8 Å². The highest BCUT2D eigenvalue weighted by Gasteiger charge is 2.42. The van der Waals surface area contributed by atoms with Gasteiger partial charge < -0.3 is 19.0 Å². The molecule has 0 saturated heterocycles. The van der Waals surface area contributed by atoms with E-state index in [-0.39, 0.29) is 17.1 Å². The molecular weight excluding hydrogens is 440 g/mol. The maximum absolute atomic E-state index is 13.8. The second-order valence-corrected chi connectivity index (χ2v) is 9.79. The maximum atomic E-state index is 13.8. The summed E-state index contributed by atoms with van der Waals surface area (Å²) in [5.74, 6) is 0.689. The summed E-state index contributed by atoms with van der Waals surface area (Å²) in [5.41, 5.74) is 3.68. The second-order valence-electron chi connectivity index (χ2n) is 9.79. The minimum absolute atomic E-state index is 0.132. The number of benzene rings is 2. The Morgan fingerprint density at radius 2 is 1.80 bits per heavy atom. The first-order valence-electron chi connectivity index (χ1n) is 12.6. The third kappa shape index (κ3) is 5.13. The van der Waals surface area contributed by atoms with Gasteiger partial charge in [0.15, 0.2) is 5.43 Å². The number of amides is 1. The lowest BCUT2D eigenvalue weighted by Gasteiger charge is -2.26. The van der Waals surface area contributed by atoms with E-state index in [9.17, 15) is 9.59 Å². The lowest BCUT2D eigenvalue weighted by atomic mass is 9.97. The van der Waals surface area contributed by atoms with Crippen molar-refractivity contribution in [2.45, 2.75) is 52.5 Å². The molecule has 3 aromatic rings. The summed E-state index contributed by atoms with van der Waals surface area (Å²) < 4.78 is 12.1. The van der Waals surface area contributed by atoms with Crippen LogP contribution in [0.25, 0.3) is 11.0 Å². The van der Waals surface area contributed by atoms with Crippen LogP contribution in [0.5, 0.6) is 5.75 Å². The Balaban J connectivity index is 1.79. The molecule has 35 heavy (non-hydrogen) atoms. The zero-order chi connectivity index (χ0) is 25.1. The van der Waals surface area contributed by atoms with Crippen LogP contribution in [0.4, 0.5) is 0 Å². The lowest BCUT2D eigenvalue weighted by Crippen LogP contribution is -2.32. The average Bonchev–Trinajstić information content (AvgIpc) is 3.10. The molecule has 0 spiro atoms. The zero-order valence-corrected chi connectivity index (χ0v) is 21.5. The van der Waals surface area contributed by atoms with E-state index in [1.807, 2.05) is 64.3 Å². The first-order chi connectivity index (χ1) is 16.8. The fourth-order valence-electron chi connectivity index (χ4n) is 4.73. The first kappa shape index (κ1) is 25.0. The molecule has 1 aliphatic rings. The Bertz CT molecular complexity index is 1280. The predicted octanol–water partition coefficient (Wildman–Crippen LogP) is 5.48. The normalized spacial score (nSPS) is 15.3. The number of rotatable bonds is 10. The van der Waals surface area contributed by atoms with Crippen molar-refractivity contribution in [2.24, 2.45) is 0 Å². The minimum atomic E-state index is -0.499. The molecule has 0 saturated carbocycles. The molecule has 2 heterocycles. The van der Waals surface area contributed by atoms with Crippen LogP contribution in [0.2, 0.25) is 0 Å². The van der Waals surface area contributed by atoms with Crippen molar-refractivity contribution < 1.29 is 13.9 Å². The van der Waals surface area contributed by atoms with Gasteiger partial charge in [0.05, 0.1) is 23.6 Å². The Morgan fingerprint density at radius 3 is 2.54 bits per heavy atom. The number of carbonyl (C=O) groups excluding carboxylic acids is 1. The molecule has 1 aliphatic heterocycles. The van der Waals surface area contributed by atoms with Gasteiger partial charge in [-0.2, -0.15) is 0 Å². The SMILES string of the molecule is CCCCCOc1cccc(C2c3c(oc4cc(C)c(C)cc4c3=O)C(=O)N2CCCN(C)C)c1. The molecule has 0 aliphatic carbocycles. The van der Waals surface area contributed by atoms with Crippen molar-refractivity contribution in [3.63, 3.8) is 0 Å². The van der Waals surface area contributed by atoms with Crippen molar-refractivity contribution in [1.82, 2.24) is 9.80 Å². The van der Waals surface area contributed by atoms with Crippen LogP contribution in [-0.2, 0) is 0 Å². The number of carbonyl (C=O) groups is 1. The number of hydrogen-bond donors (Lipinski definition) is 0. The molecule has 1 aromatic heterocycles. The highest BCUT2D eigenvalue weighted by atomic mass is 16.5. The van der Waals surface area contributed by atoms with Crippen LogP contribution >= 0.6 is 0 Å². The van der Waals surface area contributed by atoms with Gasteiger partial charge >= 0.3 is 0 Å². The Hall–Kier alpha value is -3.12. The van der Waals surface area contributed by atoms with Crippen molar-refractivity contribution in [1.29, 1.82) is 0 Å². The van der Waals surface area contributed by atoms with E-state index in [0.29, 0.717) is 29.7 Å². The smallest absolute Gasteiger partial charge is 0.290 e. The molecule has 1 amide bonds. The fraction of sp³-hybridized carbons (Fsp3) is 0.448. The summed E-state index contributed by atoms with van der Waals surface area (Å²) in [6, 6.07) is 11.0. The molecular formula is C29H36N2O4. The molecule has 1 unspecified atom stereocenters. The molecule has 1 atom stereocenters. The van der Waals surface area contributed by atoms with Crippen molar-refractivity contribution in [3.8, 4) is 5.75 Å². The van der Waals surface area contributed by atoms with Gasteiger partial charge in [-0.15, -0.1) is 0 Å². The molecule has 0 fully saturated rings. The summed E-state index contributed by atoms with van der Waals surface area (Å²) in [4.78, 5) is 31.3. The highest BCUT2D eigenvalue weighted by molar-refractivity contribution is 5.99. The lowest BCUT2D eigenvalue weighted by molar-refractivity contribution is 0.0722. The maximum Gasteiger partial charge on any atom is 0.290 e. The Morgan fingerprint density at radius 1 is 1.03 bits per heavy atom. The van der Waals surface area contributed by atoms with Crippen LogP contribution in [-0.4, -0.2) is 49.5 Å². The van der Waals surface area contributed by atoms with Crippen molar-refractivity contribution >= 4 is 16.9 Å². The van der Waals surface area contributed by atoms with Crippen LogP contribution in [0.15, 0.2) is 45.6 Å². The van der Waals surface area contributed by atoms with Gasteiger partial charge in [0.25, 0.3) is 5.91 Å². The number of ether oxygens (including phenoxy) is 1. The third-order valence-electron chi connectivity index (χ3n) is 6.78. The molecule has 186 valence electrons. The van der Waals surface area contributed by atoms with E-state index in [2.05, 4.69) is 11.8 Å².